The highest BCUT2D eigenvalue weighted by Gasteiger charge is 2.37. The van der Waals surface area contributed by atoms with E-state index >= 15 is 14.4 Å². The number of nitrogens with one attached hydrogen (secondary N) is 12. The molecule has 0 aliphatic rings. The number of para-hydroxylation sites is 3. The first-order valence-corrected chi connectivity index (χ1v) is 30.0. The van der Waals surface area contributed by atoms with Crippen molar-refractivity contribution in [3.63, 3.8) is 0 Å². The largest absolute Gasteiger partial charge is 0.508 e. The molecule has 3 aromatic heterocycles. The number of carbonyl (C=O) groups excluding carboxylic acids is 8. The summed E-state index contributed by atoms with van der Waals surface area (Å²) in [7, 11) is 0. The lowest BCUT2D eigenvalue weighted by Crippen LogP contribution is -2.62. The maximum absolute atomic E-state index is 15.2. The predicted octanol–water partition coefficient (Wildman–Crippen LogP) is 1.95. The van der Waals surface area contributed by atoms with Gasteiger partial charge in [0.25, 0.3) is 0 Å². The van der Waals surface area contributed by atoms with Gasteiger partial charge >= 0.3 is 5.97 Å². The Morgan fingerprint density at radius 2 is 0.848 bits per heavy atom. The number of amides is 8. The summed E-state index contributed by atoms with van der Waals surface area (Å²) in [5, 5.41) is 51.2. The van der Waals surface area contributed by atoms with E-state index in [-0.39, 0.29) is 63.2 Å². The maximum atomic E-state index is 15.2. The number of rotatable bonds is 32. The van der Waals surface area contributed by atoms with E-state index in [1.807, 2.05) is 54.6 Å². The molecule has 92 heavy (non-hydrogen) atoms. The first kappa shape index (κ1) is 66.9. The van der Waals surface area contributed by atoms with Gasteiger partial charge in [-0.2, -0.15) is 0 Å². The fourth-order valence-corrected chi connectivity index (χ4v) is 10.8. The summed E-state index contributed by atoms with van der Waals surface area (Å²) in [6.45, 7) is 3.52. The lowest BCUT2D eigenvalue weighted by atomic mass is 9.98. The number of aromatic nitrogens is 3. The SMILES string of the molecule is CC(C)[C@H](NC(=O)[C@@H](Cc1c[nH]c2ccccc12)NC(=O)[C@H](Cc1ccc(O)cc1)NC(=O)[C@H](CC(=O)O)NC(=O)[C@@H](N)CCCNC(=N)N)C(=O)N[C@H](Cc1c[nH]c2ccccc12)C(=O)N[C@H](Cc1c[nH]c2ccccc12)C(=O)N[C@@H](Cc1ccccc1)C(N)=O. The predicted molar refractivity (Wildman–Crippen MR) is 345 cm³/mol. The topological polar surface area (TPSA) is 440 Å². The monoisotopic (exact) mass is 1260 g/mol. The van der Waals surface area contributed by atoms with E-state index in [1.54, 1.807) is 81.0 Å². The highest BCUT2D eigenvalue weighted by Crippen LogP contribution is 2.24. The van der Waals surface area contributed by atoms with E-state index in [2.05, 4.69) is 57.5 Å². The molecule has 0 aliphatic heterocycles. The zero-order chi connectivity index (χ0) is 66.0. The van der Waals surface area contributed by atoms with Gasteiger partial charge in [0.2, 0.25) is 47.3 Å². The molecule has 0 fully saturated rings. The zero-order valence-corrected chi connectivity index (χ0v) is 50.7. The minimum atomic E-state index is -1.75. The Morgan fingerprint density at radius 1 is 0.467 bits per heavy atom. The number of aliphatic carboxylic acids is 1. The zero-order valence-electron chi connectivity index (χ0n) is 50.7. The number of aromatic amines is 3. The highest BCUT2D eigenvalue weighted by molar-refractivity contribution is 6.00. The summed E-state index contributed by atoms with van der Waals surface area (Å²) >= 11 is 0. The first-order valence-electron chi connectivity index (χ1n) is 30.0. The number of nitrogens with two attached hydrogens (primary N) is 3. The number of H-pyrrole nitrogens is 3. The number of phenolic OH excluding ortho intramolecular Hbond substituents is 1. The van der Waals surface area contributed by atoms with Crippen molar-refractivity contribution in [2.24, 2.45) is 23.1 Å². The molecule has 0 aliphatic carbocycles. The van der Waals surface area contributed by atoms with Crippen molar-refractivity contribution in [1.29, 1.82) is 5.41 Å². The summed E-state index contributed by atoms with van der Waals surface area (Å²) in [6, 6.07) is 25.1. The van der Waals surface area contributed by atoms with E-state index < -0.39 is 114 Å². The molecule has 0 spiro atoms. The summed E-state index contributed by atoms with van der Waals surface area (Å²) in [4.78, 5) is 137. The molecule has 0 radical (unpaired) electrons. The molecule has 26 nitrogen and oxygen atoms in total. The van der Waals surface area contributed by atoms with E-state index in [1.165, 1.54) is 24.3 Å². The van der Waals surface area contributed by atoms with Gasteiger partial charge in [-0.3, -0.25) is 48.6 Å². The Hall–Kier alpha value is -11.0. The third-order valence-corrected chi connectivity index (χ3v) is 15.8. The van der Waals surface area contributed by atoms with E-state index in [0.717, 1.165) is 27.4 Å². The van der Waals surface area contributed by atoms with Crippen molar-refractivity contribution in [1.82, 2.24) is 57.5 Å². The molecule has 0 saturated carbocycles. The first-order chi connectivity index (χ1) is 44.1. The second-order valence-electron chi connectivity index (χ2n) is 22.9. The maximum Gasteiger partial charge on any atom is 0.305 e. The summed E-state index contributed by atoms with van der Waals surface area (Å²) < 4.78 is 0. The lowest BCUT2D eigenvalue weighted by Gasteiger charge is -2.29. The van der Waals surface area contributed by atoms with E-state index in [9.17, 15) is 39.0 Å². The Kier molecular flexibility index (Phi) is 22.9. The van der Waals surface area contributed by atoms with Gasteiger partial charge in [0.1, 0.15) is 48.0 Å². The number of phenols is 1. The van der Waals surface area contributed by atoms with Gasteiger partial charge in [-0.1, -0.05) is 111 Å². The number of carbonyl (C=O) groups is 9. The average molecular weight is 1260 g/mol. The van der Waals surface area contributed by atoms with Crippen LogP contribution < -0.4 is 59.7 Å². The van der Waals surface area contributed by atoms with Crippen molar-refractivity contribution >= 4 is 91.9 Å². The Bertz CT molecular complexity index is 3940. The molecule has 0 saturated heterocycles. The lowest BCUT2D eigenvalue weighted by molar-refractivity contribution is -0.141. The molecular formula is C66H77N15O11. The van der Waals surface area contributed by atoms with Gasteiger partial charge in [-0.15, -0.1) is 0 Å². The van der Waals surface area contributed by atoms with Gasteiger partial charge in [-0.05, 0) is 76.9 Å². The third-order valence-electron chi connectivity index (χ3n) is 15.8. The van der Waals surface area contributed by atoms with Gasteiger partial charge < -0.3 is 84.9 Å². The molecular weight excluding hydrogens is 1180 g/mol. The Morgan fingerprint density at radius 3 is 1.29 bits per heavy atom. The molecule has 8 aromatic rings. The van der Waals surface area contributed by atoms with Crippen molar-refractivity contribution < 1.29 is 53.4 Å². The van der Waals surface area contributed by atoms with E-state index in [4.69, 9.17) is 22.6 Å². The van der Waals surface area contributed by atoms with Crippen LogP contribution in [0.3, 0.4) is 0 Å². The van der Waals surface area contributed by atoms with Crippen molar-refractivity contribution in [2.75, 3.05) is 6.54 Å². The molecule has 0 unspecified atom stereocenters. The van der Waals surface area contributed by atoms with Crippen molar-refractivity contribution in [3.05, 3.63) is 174 Å². The van der Waals surface area contributed by atoms with Crippen LogP contribution in [0.15, 0.2) is 146 Å². The van der Waals surface area contributed by atoms with Crippen LogP contribution in [-0.4, -0.2) is 139 Å². The van der Waals surface area contributed by atoms with Crippen LogP contribution in [0.25, 0.3) is 32.7 Å². The van der Waals surface area contributed by atoms with E-state index in [0.29, 0.717) is 33.2 Å². The highest BCUT2D eigenvalue weighted by atomic mass is 16.4. The fourth-order valence-electron chi connectivity index (χ4n) is 10.8. The van der Waals surface area contributed by atoms with Crippen molar-refractivity contribution in [2.45, 2.75) is 114 Å². The van der Waals surface area contributed by atoms with Crippen LogP contribution in [0, 0.1) is 11.3 Å². The summed E-state index contributed by atoms with van der Waals surface area (Å²) in [5.41, 5.74) is 22.5. The van der Waals surface area contributed by atoms with Crippen LogP contribution in [0.4, 0.5) is 0 Å². The van der Waals surface area contributed by atoms with Crippen LogP contribution >= 0.6 is 0 Å². The van der Waals surface area contributed by atoms with Crippen LogP contribution in [0.5, 0.6) is 5.75 Å². The summed E-state index contributed by atoms with van der Waals surface area (Å²) in [6.07, 6.45) is 3.86. The minimum Gasteiger partial charge on any atom is -0.508 e. The van der Waals surface area contributed by atoms with Crippen LogP contribution in [0.1, 0.15) is 60.9 Å². The molecule has 3 heterocycles. The molecule has 8 atom stereocenters. The number of aromatic hydroxyl groups is 1. The standard InChI is InChI=1S/C66H77N15O11/c1-36(2)57(65(92)80-53(30-40-34-73-48-20-10-7-16-44(40)48)62(89)78-52(29-39-33-72-47-19-9-6-15-43(39)47)61(88)75-50(58(68)85)27-37-13-4-3-5-14-37)81-64(91)54(31-41-35-74-49-21-11-8-17-45(41)49)79-60(87)51(28-38-22-24-42(82)25-23-38)77-63(90)55(32-56(83)84)76-59(86)46(67)18-12-26-71-66(69)70/h3-11,13-17,19-25,33-36,46,50-55,57,72-74,82H,12,18,26-32,67H2,1-2H3,(H2,68,85)(H,75,88)(H,76,86)(H,77,90)(H,78,89)(H,79,87)(H,80,92)(H,81,91)(H,83,84)(H4,69,70,71)/t46-,50-,51-,52+,53+,54+,55-,57-/m0/s1. The molecule has 8 rings (SSSR count). The number of primary amides is 1. The third kappa shape index (κ3) is 18.3. The Labute approximate surface area is 528 Å². The quantitative estimate of drug-likeness (QED) is 0.0163. The Balaban J connectivity index is 1.08. The molecule has 5 aromatic carbocycles. The number of carboxylic acid groups (broad SMARTS) is 1. The fraction of sp³-hybridized carbons (Fsp3) is 0.303. The van der Waals surface area contributed by atoms with Crippen LogP contribution in [-0.2, 0) is 75.3 Å². The molecule has 20 N–H and O–H groups in total. The molecule has 26 heteroatoms. The minimum absolute atomic E-state index is 0.0531. The number of hydrogen-bond acceptors (Lipinski definition) is 12. The number of fused-ring (bicyclic) bond motifs is 3. The molecule has 8 amide bonds. The van der Waals surface area contributed by atoms with Gasteiger partial charge in [0, 0.05) is 89.9 Å². The van der Waals surface area contributed by atoms with Crippen LogP contribution in [0.2, 0.25) is 0 Å². The normalized spacial score (nSPS) is 13.9. The van der Waals surface area contributed by atoms with Crippen molar-refractivity contribution in [3.8, 4) is 5.75 Å². The molecule has 482 valence electrons. The number of benzene rings is 5. The number of guanidine groups is 1. The smallest absolute Gasteiger partial charge is 0.305 e. The van der Waals surface area contributed by atoms with Gasteiger partial charge in [0.05, 0.1) is 12.5 Å². The second kappa shape index (κ2) is 31.4. The van der Waals surface area contributed by atoms with Gasteiger partial charge in [-0.25, -0.2) is 0 Å². The number of hydrogen-bond donors (Lipinski definition) is 17. The summed E-state index contributed by atoms with van der Waals surface area (Å²) in [5.74, 6) is -9.52. The molecule has 0 bridgehead atoms. The second-order valence-corrected chi connectivity index (χ2v) is 22.9. The van der Waals surface area contributed by atoms with Gasteiger partial charge in [0.15, 0.2) is 5.96 Å². The average Bonchev–Trinajstić information content (AvgIpc) is 1.97. The number of carboxylic acids is 1.